The lowest BCUT2D eigenvalue weighted by Crippen LogP contribution is -2.14. The highest BCUT2D eigenvalue weighted by molar-refractivity contribution is 8.03. The number of anilines is 1. The van der Waals surface area contributed by atoms with Crippen LogP contribution < -0.4 is 4.90 Å². The van der Waals surface area contributed by atoms with Crippen molar-refractivity contribution in [1.29, 1.82) is 0 Å². The standard InChI is InChI=1S/C16H17NO3S/c1-4-20-16(19)12(11(2)18)9-10-15-17(3)13-7-5-6-8-14(13)21-15/h5-10H,4H2,1-3H3/b12-9+,15-10-. The van der Waals surface area contributed by atoms with E-state index in [9.17, 15) is 9.59 Å². The fourth-order valence-corrected chi connectivity index (χ4v) is 3.01. The summed E-state index contributed by atoms with van der Waals surface area (Å²) in [6.07, 6.45) is 3.31. The molecule has 0 amide bonds. The van der Waals surface area contributed by atoms with Crippen molar-refractivity contribution in [2.24, 2.45) is 0 Å². The number of para-hydroxylation sites is 1. The largest absolute Gasteiger partial charge is 0.462 e. The number of ketones is 1. The van der Waals surface area contributed by atoms with E-state index in [-0.39, 0.29) is 18.0 Å². The van der Waals surface area contributed by atoms with E-state index in [0.29, 0.717) is 0 Å². The van der Waals surface area contributed by atoms with Crippen molar-refractivity contribution in [3.63, 3.8) is 0 Å². The second-order valence-corrected chi connectivity index (χ2v) is 5.55. The van der Waals surface area contributed by atoms with Crippen LogP contribution in [0.2, 0.25) is 0 Å². The van der Waals surface area contributed by atoms with Gasteiger partial charge in [-0.25, -0.2) is 4.79 Å². The summed E-state index contributed by atoms with van der Waals surface area (Å²) in [7, 11) is 1.95. The first-order valence-corrected chi connectivity index (χ1v) is 7.47. The van der Waals surface area contributed by atoms with Crippen LogP contribution in [0.25, 0.3) is 0 Å². The molecule has 1 heterocycles. The predicted octanol–water partition coefficient (Wildman–Crippen LogP) is 3.15. The summed E-state index contributed by atoms with van der Waals surface area (Å²) in [6, 6.07) is 8.04. The van der Waals surface area contributed by atoms with E-state index in [0.717, 1.165) is 15.6 Å². The van der Waals surface area contributed by atoms with E-state index in [1.807, 2.05) is 36.2 Å². The number of fused-ring (bicyclic) bond motifs is 1. The summed E-state index contributed by atoms with van der Waals surface area (Å²) in [4.78, 5) is 26.5. The maximum absolute atomic E-state index is 11.7. The smallest absolute Gasteiger partial charge is 0.341 e. The summed E-state index contributed by atoms with van der Waals surface area (Å²) in [5.41, 5.74) is 1.18. The van der Waals surface area contributed by atoms with Gasteiger partial charge in [0.1, 0.15) is 5.57 Å². The predicted molar refractivity (Wildman–Crippen MR) is 84.2 cm³/mol. The highest BCUT2D eigenvalue weighted by Crippen LogP contribution is 2.44. The molecule has 0 unspecified atom stereocenters. The molecule has 1 aliphatic heterocycles. The second kappa shape index (κ2) is 6.63. The number of nitrogens with zero attached hydrogens (tertiary/aromatic N) is 1. The first-order valence-electron chi connectivity index (χ1n) is 6.65. The number of carbonyl (C=O) groups excluding carboxylic acids is 2. The molecule has 0 fully saturated rings. The lowest BCUT2D eigenvalue weighted by Gasteiger charge is -2.12. The Labute approximate surface area is 128 Å². The zero-order chi connectivity index (χ0) is 15.4. The Morgan fingerprint density at radius 1 is 1.33 bits per heavy atom. The molecule has 2 rings (SSSR count). The SMILES string of the molecule is CCOC(=O)/C(=C/C=C1\Sc2ccccc2N1C)C(C)=O. The average molecular weight is 303 g/mol. The summed E-state index contributed by atoms with van der Waals surface area (Å²) in [5.74, 6) is -0.876. The molecule has 4 nitrogen and oxygen atoms in total. The van der Waals surface area contributed by atoms with Gasteiger partial charge >= 0.3 is 5.97 Å². The molecule has 0 atom stereocenters. The van der Waals surface area contributed by atoms with Gasteiger partial charge in [0.25, 0.3) is 0 Å². The average Bonchev–Trinajstić information content (AvgIpc) is 2.76. The molecule has 1 aliphatic rings. The van der Waals surface area contributed by atoms with Gasteiger partial charge in [0.15, 0.2) is 5.78 Å². The van der Waals surface area contributed by atoms with Crippen molar-refractivity contribution in [3.05, 3.63) is 47.0 Å². The molecule has 0 radical (unpaired) electrons. The van der Waals surface area contributed by atoms with Gasteiger partial charge in [0.2, 0.25) is 0 Å². The number of benzene rings is 1. The molecule has 0 saturated heterocycles. The molecule has 0 saturated carbocycles. The maximum atomic E-state index is 11.7. The Morgan fingerprint density at radius 2 is 2.05 bits per heavy atom. The normalized spacial score (nSPS) is 16.0. The number of hydrogen-bond donors (Lipinski definition) is 0. The number of esters is 1. The van der Waals surface area contributed by atoms with Crippen molar-refractivity contribution in [2.75, 3.05) is 18.6 Å². The topological polar surface area (TPSA) is 46.6 Å². The minimum absolute atomic E-state index is 0.0642. The number of thioether (sulfide) groups is 1. The van der Waals surface area contributed by atoms with Gasteiger partial charge in [-0.1, -0.05) is 23.9 Å². The van der Waals surface area contributed by atoms with Crippen LogP contribution in [0.5, 0.6) is 0 Å². The summed E-state index contributed by atoms with van der Waals surface area (Å²) >= 11 is 1.60. The van der Waals surface area contributed by atoms with E-state index in [4.69, 9.17) is 4.74 Å². The number of allylic oxidation sites excluding steroid dienone is 2. The van der Waals surface area contributed by atoms with Gasteiger partial charge in [-0.3, -0.25) is 4.79 Å². The number of Topliss-reactive ketones (excluding diaryl/α,β-unsaturated/α-hetero) is 1. The number of hydrogen-bond acceptors (Lipinski definition) is 5. The van der Waals surface area contributed by atoms with Gasteiger partial charge in [-0.15, -0.1) is 0 Å². The van der Waals surface area contributed by atoms with Gasteiger partial charge in [0, 0.05) is 11.9 Å². The molecule has 0 spiro atoms. The van der Waals surface area contributed by atoms with Crippen LogP contribution >= 0.6 is 11.8 Å². The van der Waals surface area contributed by atoms with E-state index in [1.165, 1.54) is 13.0 Å². The van der Waals surface area contributed by atoms with Crippen molar-refractivity contribution in [1.82, 2.24) is 0 Å². The van der Waals surface area contributed by atoms with E-state index < -0.39 is 5.97 Å². The number of carbonyl (C=O) groups is 2. The third-order valence-corrected chi connectivity index (χ3v) is 4.22. The van der Waals surface area contributed by atoms with Gasteiger partial charge in [0.05, 0.1) is 17.3 Å². The Hall–Kier alpha value is -2.01. The lowest BCUT2D eigenvalue weighted by atomic mass is 10.2. The highest BCUT2D eigenvalue weighted by Gasteiger charge is 2.21. The van der Waals surface area contributed by atoms with Crippen molar-refractivity contribution in [3.8, 4) is 0 Å². The molecule has 0 aromatic heterocycles. The highest BCUT2D eigenvalue weighted by atomic mass is 32.2. The third-order valence-electron chi connectivity index (χ3n) is 3.04. The lowest BCUT2D eigenvalue weighted by molar-refractivity contribution is -0.139. The van der Waals surface area contributed by atoms with Crippen LogP contribution in [-0.4, -0.2) is 25.4 Å². The summed E-state index contributed by atoms with van der Waals surface area (Å²) in [6.45, 7) is 3.33. The van der Waals surface area contributed by atoms with Crippen LogP contribution in [0.15, 0.2) is 51.9 Å². The van der Waals surface area contributed by atoms with E-state index in [2.05, 4.69) is 0 Å². The molecule has 0 bridgehead atoms. The van der Waals surface area contributed by atoms with Gasteiger partial charge in [-0.05, 0) is 38.1 Å². The fourth-order valence-electron chi connectivity index (χ4n) is 1.96. The zero-order valence-electron chi connectivity index (χ0n) is 12.3. The zero-order valence-corrected chi connectivity index (χ0v) is 13.1. The molecule has 0 aliphatic carbocycles. The molecule has 1 aromatic rings. The van der Waals surface area contributed by atoms with Crippen LogP contribution in [0.1, 0.15) is 13.8 Å². The van der Waals surface area contributed by atoms with Crippen LogP contribution in [0.4, 0.5) is 5.69 Å². The first kappa shape index (κ1) is 15.4. The number of rotatable bonds is 4. The maximum Gasteiger partial charge on any atom is 0.341 e. The molecule has 21 heavy (non-hydrogen) atoms. The quantitative estimate of drug-likeness (QED) is 0.370. The van der Waals surface area contributed by atoms with Crippen molar-refractivity contribution < 1.29 is 14.3 Å². The molecule has 0 N–H and O–H groups in total. The Bertz CT molecular complexity index is 634. The first-order chi connectivity index (χ1) is 10.0. The van der Waals surface area contributed by atoms with Gasteiger partial charge < -0.3 is 9.64 Å². The molecular weight excluding hydrogens is 286 g/mol. The molecule has 1 aromatic carbocycles. The summed E-state index contributed by atoms with van der Waals surface area (Å²) in [5, 5.41) is 0.958. The van der Waals surface area contributed by atoms with Crippen molar-refractivity contribution in [2.45, 2.75) is 18.7 Å². The second-order valence-electron chi connectivity index (χ2n) is 4.49. The Morgan fingerprint density at radius 3 is 2.67 bits per heavy atom. The van der Waals surface area contributed by atoms with Crippen LogP contribution in [0, 0.1) is 0 Å². The van der Waals surface area contributed by atoms with Crippen molar-refractivity contribution >= 4 is 29.2 Å². The van der Waals surface area contributed by atoms with Crippen LogP contribution in [0.3, 0.4) is 0 Å². The Balaban J connectivity index is 2.26. The fraction of sp³-hybridized carbons (Fsp3) is 0.250. The van der Waals surface area contributed by atoms with E-state index in [1.54, 1.807) is 24.8 Å². The van der Waals surface area contributed by atoms with E-state index >= 15 is 0 Å². The molecule has 110 valence electrons. The third kappa shape index (κ3) is 3.36. The Kier molecular flexibility index (Phi) is 4.85. The monoisotopic (exact) mass is 303 g/mol. The molecular formula is C16H17NO3S. The minimum atomic E-state index is -0.579. The van der Waals surface area contributed by atoms with Crippen LogP contribution in [-0.2, 0) is 14.3 Å². The minimum Gasteiger partial charge on any atom is -0.462 e. The number of ether oxygens (including phenoxy) is 1. The summed E-state index contributed by atoms with van der Waals surface area (Å²) < 4.78 is 4.89. The molecule has 5 heteroatoms. The van der Waals surface area contributed by atoms with Gasteiger partial charge in [-0.2, -0.15) is 0 Å².